The molecule has 1 aromatic heterocycles. The molecule has 2 aromatic rings. The summed E-state index contributed by atoms with van der Waals surface area (Å²) in [4.78, 5) is 15.3. The van der Waals surface area contributed by atoms with Gasteiger partial charge in [-0.2, -0.15) is 0 Å². The second-order valence-electron chi connectivity index (χ2n) is 5.28. The summed E-state index contributed by atoms with van der Waals surface area (Å²) in [6.07, 6.45) is 1.36. The zero-order chi connectivity index (χ0) is 15.6. The normalized spacial score (nSPS) is 10.7. The van der Waals surface area contributed by atoms with Gasteiger partial charge in [0.05, 0.1) is 17.4 Å². The van der Waals surface area contributed by atoms with Gasteiger partial charge in [-0.25, -0.2) is 9.78 Å². The number of hydrogen-bond acceptors (Lipinski definition) is 4. The summed E-state index contributed by atoms with van der Waals surface area (Å²) in [5.74, 6) is -0.246. The summed E-state index contributed by atoms with van der Waals surface area (Å²) in [6, 6.07) is 7.52. The third-order valence-corrected chi connectivity index (χ3v) is 3.35. The highest BCUT2D eigenvalue weighted by Gasteiger charge is 2.13. The molecule has 4 N–H and O–H groups in total. The lowest BCUT2D eigenvalue weighted by atomic mass is 9.98. The molecule has 0 radical (unpaired) electrons. The average molecular weight is 285 g/mol. The Labute approximate surface area is 123 Å². The molecule has 0 fully saturated rings. The molecule has 5 nitrogen and oxygen atoms in total. The second kappa shape index (κ2) is 5.83. The van der Waals surface area contributed by atoms with E-state index in [4.69, 9.17) is 10.8 Å². The molecule has 5 heteroatoms. The highest BCUT2D eigenvalue weighted by molar-refractivity contribution is 5.94. The fourth-order valence-corrected chi connectivity index (χ4v) is 2.19. The number of aryl methyl sites for hydroxylation is 1. The van der Waals surface area contributed by atoms with Crippen LogP contribution in [0.3, 0.4) is 0 Å². The Morgan fingerprint density at radius 3 is 2.71 bits per heavy atom. The van der Waals surface area contributed by atoms with E-state index in [0.29, 0.717) is 11.7 Å². The van der Waals surface area contributed by atoms with Gasteiger partial charge in [0.1, 0.15) is 5.82 Å². The number of hydrogen-bond donors (Lipinski definition) is 3. The SMILES string of the molecule is Cc1cccc(C(C)C)c1Nc1cc(C(=O)O)c(N)cn1. The molecule has 0 aliphatic carbocycles. The number of carboxylic acid groups (broad SMARTS) is 1. The van der Waals surface area contributed by atoms with Crippen molar-refractivity contribution in [1.82, 2.24) is 4.98 Å². The van der Waals surface area contributed by atoms with Gasteiger partial charge < -0.3 is 16.2 Å². The minimum Gasteiger partial charge on any atom is -0.478 e. The van der Waals surface area contributed by atoms with E-state index in [0.717, 1.165) is 16.8 Å². The summed E-state index contributed by atoms with van der Waals surface area (Å²) >= 11 is 0. The molecule has 21 heavy (non-hydrogen) atoms. The van der Waals surface area contributed by atoms with Gasteiger partial charge in [-0.1, -0.05) is 32.0 Å². The number of benzene rings is 1. The van der Waals surface area contributed by atoms with Crippen molar-refractivity contribution in [2.24, 2.45) is 0 Å². The Kier molecular flexibility index (Phi) is 4.12. The first-order valence-electron chi connectivity index (χ1n) is 6.75. The molecule has 1 heterocycles. The maximum Gasteiger partial charge on any atom is 0.337 e. The second-order valence-corrected chi connectivity index (χ2v) is 5.28. The van der Waals surface area contributed by atoms with Crippen LogP contribution in [-0.2, 0) is 0 Å². The molecule has 2 rings (SSSR count). The first kappa shape index (κ1) is 14.8. The van der Waals surface area contributed by atoms with Gasteiger partial charge >= 0.3 is 5.97 Å². The zero-order valence-electron chi connectivity index (χ0n) is 12.3. The standard InChI is InChI=1S/C16H19N3O2/c1-9(2)11-6-4-5-10(3)15(11)19-14-7-12(16(20)21)13(17)8-18-14/h4-9H,17H2,1-3H3,(H,18,19)(H,20,21). The van der Waals surface area contributed by atoms with Crippen LogP contribution >= 0.6 is 0 Å². The van der Waals surface area contributed by atoms with E-state index < -0.39 is 5.97 Å². The van der Waals surface area contributed by atoms with Gasteiger partial charge in [-0.3, -0.25) is 0 Å². The zero-order valence-corrected chi connectivity index (χ0v) is 12.3. The number of pyridine rings is 1. The van der Waals surface area contributed by atoms with Crippen LogP contribution in [0.25, 0.3) is 0 Å². The molecule has 110 valence electrons. The van der Waals surface area contributed by atoms with Crippen LogP contribution in [0.15, 0.2) is 30.5 Å². The Bertz CT molecular complexity index is 681. The Morgan fingerprint density at radius 2 is 2.10 bits per heavy atom. The van der Waals surface area contributed by atoms with Crippen molar-refractivity contribution in [2.45, 2.75) is 26.7 Å². The highest BCUT2D eigenvalue weighted by Crippen LogP contribution is 2.30. The van der Waals surface area contributed by atoms with E-state index in [1.54, 1.807) is 0 Å². The average Bonchev–Trinajstić information content (AvgIpc) is 2.42. The maximum absolute atomic E-state index is 11.1. The largest absolute Gasteiger partial charge is 0.478 e. The molecule has 0 amide bonds. The van der Waals surface area contributed by atoms with Crippen molar-refractivity contribution in [3.8, 4) is 0 Å². The molecular formula is C16H19N3O2. The van der Waals surface area contributed by atoms with Crippen LogP contribution in [-0.4, -0.2) is 16.1 Å². The Balaban J connectivity index is 2.43. The van der Waals surface area contributed by atoms with Gasteiger partial charge in [0.15, 0.2) is 0 Å². The Hall–Kier alpha value is -2.56. The van der Waals surface area contributed by atoms with Crippen LogP contribution in [0.4, 0.5) is 17.2 Å². The van der Waals surface area contributed by atoms with Gasteiger partial charge in [0, 0.05) is 5.69 Å². The van der Waals surface area contributed by atoms with Crippen molar-refractivity contribution in [2.75, 3.05) is 11.1 Å². The van der Waals surface area contributed by atoms with Gasteiger partial charge in [0.25, 0.3) is 0 Å². The number of nitrogens with two attached hydrogens (primary N) is 1. The number of carboxylic acids is 1. The topological polar surface area (TPSA) is 88.2 Å². The lowest BCUT2D eigenvalue weighted by Crippen LogP contribution is -2.06. The molecule has 0 unspecified atom stereocenters. The number of nitrogens with zero attached hydrogens (tertiary/aromatic N) is 1. The summed E-state index contributed by atoms with van der Waals surface area (Å²) in [6.45, 7) is 6.22. The van der Waals surface area contributed by atoms with E-state index >= 15 is 0 Å². The van der Waals surface area contributed by atoms with E-state index in [1.165, 1.54) is 12.3 Å². The summed E-state index contributed by atoms with van der Waals surface area (Å²) in [5.41, 5.74) is 9.02. The maximum atomic E-state index is 11.1. The third-order valence-electron chi connectivity index (χ3n) is 3.35. The lowest BCUT2D eigenvalue weighted by molar-refractivity contribution is 0.0698. The minimum absolute atomic E-state index is 0.0483. The third kappa shape index (κ3) is 3.13. The fraction of sp³-hybridized carbons (Fsp3) is 0.250. The van der Waals surface area contributed by atoms with E-state index in [2.05, 4.69) is 30.2 Å². The van der Waals surface area contributed by atoms with E-state index in [-0.39, 0.29) is 11.3 Å². The van der Waals surface area contributed by atoms with Crippen LogP contribution in [0.1, 0.15) is 41.3 Å². The molecule has 0 bridgehead atoms. The van der Waals surface area contributed by atoms with Crippen molar-refractivity contribution in [3.63, 3.8) is 0 Å². The molecule has 0 saturated heterocycles. The summed E-state index contributed by atoms with van der Waals surface area (Å²) in [5, 5.41) is 12.3. The van der Waals surface area contributed by atoms with Gasteiger partial charge in [-0.05, 0) is 30.0 Å². The van der Waals surface area contributed by atoms with Crippen molar-refractivity contribution in [3.05, 3.63) is 47.2 Å². The molecule has 0 atom stereocenters. The van der Waals surface area contributed by atoms with E-state index in [9.17, 15) is 4.79 Å². The molecule has 0 aliphatic heterocycles. The quantitative estimate of drug-likeness (QED) is 0.799. The van der Waals surface area contributed by atoms with Gasteiger partial charge in [0.2, 0.25) is 0 Å². The lowest BCUT2D eigenvalue weighted by Gasteiger charge is -2.17. The predicted molar refractivity (Wildman–Crippen MR) is 84.2 cm³/mol. The number of nitrogens with one attached hydrogen (secondary N) is 1. The number of carbonyl (C=O) groups is 1. The number of aromatic nitrogens is 1. The molecular weight excluding hydrogens is 266 g/mol. The number of nitrogen functional groups attached to an aromatic ring is 1. The predicted octanol–water partition coefficient (Wildman–Crippen LogP) is 3.54. The van der Waals surface area contributed by atoms with Crippen LogP contribution in [0.5, 0.6) is 0 Å². The van der Waals surface area contributed by atoms with Crippen molar-refractivity contribution >= 4 is 23.2 Å². The number of aromatic carboxylic acids is 1. The fourth-order valence-electron chi connectivity index (χ4n) is 2.19. The molecule has 1 aromatic carbocycles. The molecule has 0 aliphatic rings. The highest BCUT2D eigenvalue weighted by atomic mass is 16.4. The number of rotatable bonds is 4. The van der Waals surface area contributed by atoms with Crippen LogP contribution in [0, 0.1) is 6.92 Å². The number of anilines is 3. The summed E-state index contributed by atoms with van der Waals surface area (Å²) in [7, 11) is 0. The minimum atomic E-state index is -1.06. The van der Waals surface area contributed by atoms with E-state index in [1.807, 2.05) is 19.1 Å². The van der Waals surface area contributed by atoms with Crippen molar-refractivity contribution < 1.29 is 9.90 Å². The van der Waals surface area contributed by atoms with Crippen LogP contribution in [0.2, 0.25) is 0 Å². The number of para-hydroxylation sites is 1. The van der Waals surface area contributed by atoms with Gasteiger partial charge in [-0.15, -0.1) is 0 Å². The first-order chi connectivity index (χ1) is 9.90. The van der Waals surface area contributed by atoms with Crippen LogP contribution < -0.4 is 11.1 Å². The molecule has 0 spiro atoms. The summed E-state index contributed by atoms with van der Waals surface area (Å²) < 4.78 is 0. The molecule has 0 saturated carbocycles. The van der Waals surface area contributed by atoms with Crippen molar-refractivity contribution in [1.29, 1.82) is 0 Å². The Morgan fingerprint density at radius 1 is 1.38 bits per heavy atom. The first-order valence-corrected chi connectivity index (χ1v) is 6.75. The smallest absolute Gasteiger partial charge is 0.337 e. The monoisotopic (exact) mass is 285 g/mol.